The lowest BCUT2D eigenvalue weighted by atomic mass is 9.80. The van der Waals surface area contributed by atoms with Crippen LogP contribution in [0.25, 0.3) is 0 Å². The van der Waals surface area contributed by atoms with Crippen LogP contribution in [0.1, 0.15) is 63.4 Å². The van der Waals surface area contributed by atoms with Gasteiger partial charge in [-0.25, -0.2) is 0 Å². The van der Waals surface area contributed by atoms with Gasteiger partial charge >= 0.3 is 5.97 Å². The van der Waals surface area contributed by atoms with Gasteiger partial charge in [-0.15, -0.1) is 0 Å². The molecule has 0 spiro atoms. The minimum absolute atomic E-state index is 0.00115. The summed E-state index contributed by atoms with van der Waals surface area (Å²) in [6.45, 7) is 0.684. The SMILES string of the molecule is O=C(O)C1CCC(C(=O)N(Cc2ccccc2)C2CCCCC2)CC1. The molecule has 25 heavy (non-hydrogen) atoms. The van der Waals surface area contributed by atoms with E-state index >= 15 is 0 Å². The van der Waals surface area contributed by atoms with E-state index in [1.807, 2.05) is 18.2 Å². The average Bonchev–Trinajstić information content (AvgIpc) is 2.67. The molecule has 136 valence electrons. The van der Waals surface area contributed by atoms with E-state index in [0.29, 0.717) is 38.3 Å². The van der Waals surface area contributed by atoms with Gasteiger partial charge in [0.15, 0.2) is 0 Å². The predicted octanol–water partition coefficient (Wildman–Crippen LogP) is 4.24. The van der Waals surface area contributed by atoms with E-state index in [2.05, 4.69) is 17.0 Å². The number of amides is 1. The predicted molar refractivity (Wildman–Crippen MR) is 96.9 cm³/mol. The molecular formula is C21H29NO3. The fourth-order valence-electron chi connectivity index (χ4n) is 4.38. The van der Waals surface area contributed by atoms with E-state index in [1.165, 1.54) is 24.8 Å². The van der Waals surface area contributed by atoms with Crippen molar-refractivity contribution in [1.29, 1.82) is 0 Å². The van der Waals surface area contributed by atoms with Crippen molar-refractivity contribution in [1.82, 2.24) is 4.90 Å². The quantitative estimate of drug-likeness (QED) is 0.870. The van der Waals surface area contributed by atoms with Crippen LogP contribution >= 0.6 is 0 Å². The molecule has 1 aromatic carbocycles. The Morgan fingerprint density at radius 2 is 1.48 bits per heavy atom. The van der Waals surface area contributed by atoms with Crippen LogP contribution in [0.15, 0.2) is 30.3 Å². The van der Waals surface area contributed by atoms with Crippen LogP contribution in [-0.4, -0.2) is 27.9 Å². The van der Waals surface area contributed by atoms with E-state index in [4.69, 9.17) is 0 Å². The standard InChI is InChI=1S/C21H29NO3/c23-20(17-11-13-18(14-12-17)21(24)25)22(19-9-5-2-6-10-19)15-16-7-3-1-4-8-16/h1,3-4,7-8,17-19H,2,5-6,9-15H2,(H,24,25). The Balaban J connectivity index is 1.69. The first-order valence-corrected chi connectivity index (χ1v) is 9.72. The fraction of sp³-hybridized carbons (Fsp3) is 0.619. The number of benzene rings is 1. The first kappa shape index (κ1) is 18.0. The van der Waals surface area contributed by atoms with Gasteiger partial charge in [-0.05, 0) is 44.1 Å². The van der Waals surface area contributed by atoms with Gasteiger partial charge in [0.05, 0.1) is 5.92 Å². The number of nitrogens with zero attached hydrogens (tertiary/aromatic N) is 1. The first-order valence-electron chi connectivity index (χ1n) is 9.72. The number of carbonyl (C=O) groups is 2. The second-order valence-corrected chi connectivity index (χ2v) is 7.63. The maximum atomic E-state index is 13.3. The Kier molecular flexibility index (Phi) is 6.11. The van der Waals surface area contributed by atoms with Crippen LogP contribution in [0.2, 0.25) is 0 Å². The van der Waals surface area contributed by atoms with Gasteiger partial charge in [0, 0.05) is 18.5 Å². The van der Waals surface area contributed by atoms with Gasteiger partial charge in [0.2, 0.25) is 5.91 Å². The van der Waals surface area contributed by atoms with Crippen LogP contribution in [0.3, 0.4) is 0 Å². The molecule has 1 amide bonds. The van der Waals surface area contributed by atoms with Gasteiger partial charge in [-0.3, -0.25) is 9.59 Å². The van der Waals surface area contributed by atoms with Gasteiger partial charge in [0.25, 0.3) is 0 Å². The molecule has 0 aliphatic heterocycles. The maximum absolute atomic E-state index is 13.3. The van der Waals surface area contributed by atoms with Gasteiger partial charge in [0.1, 0.15) is 0 Å². The summed E-state index contributed by atoms with van der Waals surface area (Å²) in [7, 11) is 0. The molecule has 2 aliphatic rings. The molecule has 3 rings (SSSR count). The van der Waals surface area contributed by atoms with Crippen LogP contribution < -0.4 is 0 Å². The normalized spacial score (nSPS) is 24.6. The van der Waals surface area contributed by atoms with E-state index in [0.717, 1.165) is 12.8 Å². The fourth-order valence-corrected chi connectivity index (χ4v) is 4.38. The Bertz CT molecular complexity index is 572. The Labute approximate surface area is 150 Å². The second-order valence-electron chi connectivity index (χ2n) is 7.63. The molecule has 0 unspecified atom stereocenters. The molecule has 2 aliphatic carbocycles. The molecule has 0 aromatic heterocycles. The third-order valence-electron chi connectivity index (χ3n) is 5.92. The number of hydrogen-bond donors (Lipinski definition) is 1. The molecule has 0 radical (unpaired) electrons. The highest BCUT2D eigenvalue weighted by Crippen LogP contribution is 2.33. The molecule has 1 aromatic rings. The number of carboxylic acid groups (broad SMARTS) is 1. The highest BCUT2D eigenvalue weighted by atomic mass is 16.4. The smallest absolute Gasteiger partial charge is 0.306 e. The van der Waals surface area contributed by atoms with E-state index in [9.17, 15) is 14.7 Å². The number of aliphatic carboxylic acids is 1. The Morgan fingerprint density at radius 3 is 2.08 bits per heavy atom. The minimum Gasteiger partial charge on any atom is -0.481 e. The molecule has 2 fully saturated rings. The second kappa shape index (κ2) is 8.50. The zero-order chi connectivity index (χ0) is 17.6. The van der Waals surface area contributed by atoms with Crippen molar-refractivity contribution in [2.75, 3.05) is 0 Å². The lowest BCUT2D eigenvalue weighted by molar-refractivity contribution is -0.147. The number of carboxylic acids is 1. The van der Waals surface area contributed by atoms with Crippen molar-refractivity contribution in [2.24, 2.45) is 11.8 Å². The van der Waals surface area contributed by atoms with E-state index in [1.54, 1.807) is 0 Å². The molecule has 0 saturated heterocycles. The van der Waals surface area contributed by atoms with Gasteiger partial charge in [-0.2, -0.15) is 0 Å². The minimum atomic E-state index is -0.709. The van der Waals surface area contributed by atoms with Crippen molar-refractivity contribution in [3.8, 4) is 0 Å². The van der Waals surface area contributed by atoms with Crippen molar-refractivity contribution >= 4 is 11.9 Å². The summed E-state index contributed by atoms with van der Waals surface area (Å²) in [5.74, 6) is -0.721. The number of carbonyl (C=O) groups excluding carboxylic acids is 1. The van der Waals surface area contributed by atoms with Gasteiger partial charge < -0.3 is 10.0 Å². The molecule has 4 heteroatoms. The topological polar surface area (TPSA) is 57.6 Å². The number of hydrogen-bond acceptors (Lipinski definition) is 2. The zero-order valence-electron chi connectivity index (χ0n) is 14.9. The number of rotatable bonds is 5. The van der Waals surface area contributed by atoms with Crippen molar-refractivity contribution in [3.63, 3.8) is 0 Å². The molecule has 0 bridgehead atoms. The van der Waals surface area contributed by atoms with Crippen molar-refractivity contribution < 1.29 is 14.7 Å². The van der Waals surface area contributed by atoms with Gasteiger partial charge in [-0.1, -0.05) is 49.6 Å². The third kappa shape index (κ3) is 4.62. The summed E-state index contributed by atoms with van der Waals surface area (Å²) in [5, 5.41) is 9.18. The zero-order valence-corrected chi connectivity index (χ0v) is 14.9. The molecule has 4 nitrogen and oxygen atoms in total. The molecule has 1 N–H and O–H groups in total. The summed E-state index contributed by atoms with van der Waals surface area (Å²) in [6.07, 6.45) is 8.58. The van der Waals surface area contributed by atoms with Crippen molar-refractivity contribution in [2.45, 2.75) is 70.4 Å². The third-order valence-corrected chi connectivity index (χ3v) is 5.92. The maximum Gasteiger partial charge on any atom is 0.306 e. The van der Waals surface area contributed by atoms with Crippen LogP contribution in [0.4, 0.5) is 0 Å². The largest absolute Gasteiger partial charge is 0.481 e. The van der Waals surface area contributed by atoms with Crippen LogP contribution in [-0.2, 0) is 16.1 Å². The average molecular weight is 343 g/mol. The summed E-state index contributed by atoms with van der Waals surface area (Å²) in [5.41, 5.74) is 1.18. The summed E-state index contributed by atoms with van der Waals surface area (Å²) in [6, 6.07) is 10.6. The summed E-state index contributed by atoms with van der Waals surface area (Å²) < 4.78 is 0. The molecule has 0 heterocycles. The van der Waals surface area contributed by atoms with Crippen LogP contribution in [0, 0.1) is 11.8 Å². The molecule has 2 saturated carbocycles. The highest BCUT2D eigenvalue weighted by molar-refractivity contribution is 5.80. The summed E-state index contributed by atoms with van der Waals surface area (Å²) in [4.78, 5) is 26.5. The first-order chi connectivity index (χ1) is 12.1. The van der Waals surface area contributed by atoms with E-state index in [-0.39, 0.29) is 17.7 Å². The van der Waals surface area contributed by atoms with E-state index < -0.39 is 5.97 Å². The lowest BCUT2D eigenvalue weighted by Gasteiger charge is -2.38. The lowest BCUT2D eigenvalue weighted by Crippen LogP contribution is -2.45. The van der Waals surface area contributed by atoms with Crippen molar-refractivity contribution in [3.05, 3.63) is 35.9 Å². The highest BCUT2D eigenvalue weighted by Gasteiger charge is 2.34. The Hall–Kier alpha value is -1.84. The molecule has 0 atom stereocenters. The Morgan fingerprint density at radius 1 is 0.880 bits per heavy atom. The monoisotopic (exact) mass is 343 g/mol. The summed E-state index contributed by atoms with van der Waals surface area (Å²) >= 11 is 0. The van der Waals surface area contributed by atoms with Crippen LogP contribution in [0.5, 0.6) is 0 Å². The molecular weight excluding hydrogens is 314 g/mol.